The number of aryl methyl sites for hydroxylation is 1. The summed E-state index contributed by atoms with van der Waals surface area (Å²) in [5.41, 5.74) is 0. The highest BCUT2D eigenvalue weighted by atomic mass is 16.3. The summed E-state index contributed by atoms with van der Waals surface area (Å²) in [6.07, 6.45) is 0. The van der Waals surface area contributed by atoms with Gasteiger partial charge < -0.3 is 9.73 Å². The summed E-state index contributed by atoms with van der Waals surface area (Å²) in [5, 5.41) is 2.99. The molecule has 0 spiro atoms. The molecule has 0 aromatic carbocycles. The molecule has 1 aromatic rings. The van der Waals surface area contributed by atoms with Crippen LogP contribution in [-0.4, -0.2) is 30.4 Å². The van der Waals surface area contributed by atoms with E-state index in [4.69, 9.17) is 4.42 Å². The van der Waals surface area contributed by atoms with E-state index in [0.29, 0.717) is 19.0 Å². The first kappa shape index (κ1) is 14.8. The molecule has 1 aromatic heterocycles. The molecule has 0 saturated heterocycles. The van der Waals surface area contributed by atoms with Crippen LogP contribution in [0.2, 0.25) is 0 Å². The van der Waals surface area contributed by atoms with E-state index in [2.05, 4.69) is 19.2 Å². The van der Waals surface area contributed by atoms with Gasteiger partial charge in [-0.3, -0.25) is 9.69 Å². The largest absolute Gasteiger partial charge is 0.465 e. The highest BCUT2D eigenvalue weighted by molar-refractivity contribution is 5.78. The third-order valence-electron chi connectivity index (χ3n) is 3.02. The third-order valence-corrected chi connectivity index (χ3v) is 3.02. The molecule has 0 fully saturated rings. The van der Waals surface area contributed by atoms with Crippen molar-refractivity contribution >= 4 is 5.91 Å². The van der Waals surface area contributed by atoms with E-state index in [1.165, 1.54) is 0 Å². The van der Waals surface area contributed by atoms with E-state index in [-0.39, 0.29) is 11.9 Å². The average molecular weight is 252 g/mol. The smallest absolute Gasteiger partial charge is 0.234 e. The van der Waals surface area contributed by atoms with Crippen LogP contribution in [0.3, 0.4) is 0 Å². The van der Waals surface area contributed by atoms with Crippen LogP contribution >= 0.6 is 0 Å². The number of furan rings is 1. The van der Waals surface area contributed by atoms with E-state index in [1.807, 2.05) is 37.9 Å². The summed E-state index contributed by atoms with van der Waals surface area (Å²) >= 11 is 0. The van der Waals surface area contributed by atoms with Crippen LogP contribution in [0, 0.1) is 12.8 Å². The highest BCUT2D eigenvalue weighted by Gasteiger charge is 2.13. The summed E-state index contributed by atoms with van der Waals surface area (Å²) in [4.78, 5) is 13.7. The predicted octanol–water partition coefficient (Wildman–Crippen LogP) is 2.18. The molecule has 1 N–H and O–H groups in total. The fourth-order valence-electron chi connectivity index (χ4n) is 1.60. The number of likely N-dealkylation sites (N-methyl/N-ethyl adjacent to an activating group) is 1. The van der Waals surface area contributed by atoms with E-state index in [1.54, 1.807) is 0 Å². The first-order valence-corrected chi connectivity index (χ1v) is 6.41. The average Bonchev–Trinajstić information content (AvgIpc) is 2.62. The van der Waals surface area contributed by atoms with Gasteiger partial charge in [-0.15, -0.1) is 0 Å². The van der Waals surface area contributed by atoms with Crippen molar-refractivity contribution in [1.82, 2.24) is 10.2 Å². The molecule has 4 nitrogen and oxygen atoms in total. The maximum atomic E-state index is 11.8. The van der Waals surface area contributed by atoms with Gasteiger partial charge in [0.05, 0.1) is 13.1 Å². The first-order valence-electron chi connectivity index (χ1n) is 6.41. The number of carbonyl (C=O) groups excluding carboxylic acids is 1. The molecule has 0 aliphatic heterocycles. The van der Waals surface area contributed by atoms with Crippen LogP contribution in [0.25, 0.3) is 0 Å². The second-order valence-electron chi connectivity index (χ2n) is 5.28. The molecule has 4 heteroatoms. The van der Waals surface area contributed by atoms with Gasteiger partial charge in [0.2, 0.25) is 5.91 Å². The highest BCUT2D eigenvalue weighted by Crippen LogP contribution is 2.08. The maximum Gasteiger partial charge on any atom is 0.234 e. The van der Waals surface area contributed by atoms with Gasteiger partial charge in [-0.25, -0.2) is 0 Å². The molecule has 0 aliphatic rings. The lowest BCUT2D eigenvalue weighted by Crippen LogP contribution is -2.41. The van der Waals surface area contributed by atoms with Gasteiger partial charge in [-0.1, -0.05) is 13.8 Å². The minimum absolute atomic E-state index is 0.0574. The van der Waals surface area contributed by atoms with Crippen LogP contribution in [0.4, 0.5) is 0 Å². The lowest BCUT2D eigenvalue weighted by molar-refractivity contribution is -0.123. The Morgan fingerprint density at radius 2 is 2.06 bits per heavy atom. The van der Waals surface area contributed by atoms with Crippen LogP contribution in [0.1, 0.15) is 32.3 Å². The van der Waals surface area contributed by atoms with Crippen molar-refractivity contribution in [3.05, 3.63) is 23.7 Å². The fraction of sp³-hybridized carbons (Fsp3) is 0.643. The van der Waals surface area contributed by atoms with E-state index < -0.39 is 0 Å². The second-order valence-corrected chi connectivity index (χ2v) is 5.28. The Balaban J connectivity index is 2.35. The Labute approximate surface area is 109 Å². The van der Waals surface area contributed by atoms with Crippen molar-refractivity contribution in [2.45, 2.75) is 40.3 Å². The van der Waals surface area contributed by atoms with Gasteiger partial charge in [0.1, 0.15) is 11.5 Å². The Morgan fingerprint density at radius 3 is 2.56 bits per heavy atom. The van der Waals surface area contributed by atoms with Gasteiger partial charge in [0.25, 0.3) is 0 Å². The Bertz CT molecular complexity index is 385. The SMILES string of the molecule is Cc1ccc(CN(C)CC(=O)NC(C)C(C)C)o1. The molecule has 1 rings (SSSR count). The fourth-order valence-corrected chi connectivity index (χ4v) is 1.60. The zero-order chi connectivity index (χ0) is 13.7. The van der Waals surface area contributed by atoms with Crippen LogP contribution < -0.4 is 5.32 Å². The molecular formula is C14H24N2O2. The summed E-state index contributed by atoms with van der Waals surface area (Å²) in [6.45, 7) is 9.17. The lowest BCUT2D eigenvalue weighted by atomic mass is 10.1. The predicted molar refractivity (Wildman–Crippen MR) is 72.2 cm³/mol. The van der Waals surface area contributed by atoms with Crippen molar-refractivity contribution in [3.8, 4) is 0 Å². The molecule has 1 amide bonds. The Morgan fingerprint density at radius 1 is 1.39 bits per heavy atom. The molecule has 0 saturated carbocycles. The zero-order valence-corrected chi connectivity index (χ0v) is 12.0. The van der Waals surface area contributed by atoms with Crippen LogP contribution in [0.5, 0.6) is 0 Å². The Hall–Kier alpha value is -1.29. The summed E-state index contributed by atoms with van der Waals surface area (Å²) in [7, 11) is 1.91. The van der Waals surface area contributed by atoms with Crippen molar-refractivity contribution in [1.29, 1.82) is 0 Å². The number of hydrogen-bond donors (Lipinski definition) is 1. The molecule has 1 unspecified atom stereocenters. The zero-order valence-electron chi connectivity index (χ0n) is 12.0. The van der Waals surface area contributed by atoms with Gasteiger partial charge >= 0.3 is 0 Å². The number of nitrogens with one attached hydrogen (secondary N) is 1. The van der Waals surface area contributed by atoms with Gasteiger partial charge in [0.15, 0.2) is 0 Å². The topological polar surface area (TPSA) is 45.5 Å². The number of rotatable bonds is 6. The molecule has 0 radical (unpaired) electrons. The first-order chi connectivity index (χ1) is 8.38. The number of carbonyl (C=O) groups is 1. The normalized spacial score (nSPS) is 13.1. The molecule has 18 heavy (non-hydrogen) atoms. The minimum Gasteiger partial charge on any atom is -0.465 e. The van der Waals surface area contributed by atoms with Crippen LogP contribution in [0.15, 0.2) is 16.5 Å². The van der Waals surface area contributed by atoms with Gasteiger partial charge in [-0.2, -0.15) is 0 Å². The van der Waals surface area contributed by atoms with E-state index >= 15 is 0 Å². The maximum absolute atomic E-state index is 11.8. The molecular weight excluding hydrogens is 228 g/mol. The van der Waals surface area contributed by atoms with Crippen molar-refractivity contribution < 1.29 is 9.21 Å². The molecule has 1 heterocycles. The van der Waals surface area contributed by atoms with E-state index in [9.17, 15) is 4.79 Å². The Kier molecular flexibility index (Phi) is 5.41. The summed E-state index contributed by atoms with van der Waals surface area (Å²) in [5.74, 6) is 2.30. The van der Waals surface area contributed by atoms with Gasteiger partial charge in [0, 0.05) is 6.04 Å². The molecule has 0 bridgehead atoms. The van der Waals surface area contributed by atoms with Gasteiger partial charge in [-0.05, 0) is 38.9 Å². The van der Waals surface area contributed by atoms with E-state index in [0.717, 1.165) is 11.5 Å². The van der Waals surface area contributed by atoms with Crippen molar-refractivity contribution in [2.24, 2.45) is 5.92 Å². The second kappa shape index (κ2) is 6.59. The number of amides is 1. The molecule has 102 valence electrons. The standard InChI is InChI=1S/C14H24N2O2/c1-10(2)12(4)15-14(17)9-16(5)8-13-7-6-11(3)18-13/h6-7,10,12H,8-9H2,1-5H3,(H,15,17). The number of nitrogens with zero attached hydrogens (tertiary/aromatic N) is 1. The number of hydrogen-bond acceptors (Lipinski definition) is 3. The summed E-state index contributed by atoms with van der Waals surface area (Å²) < 4.78 is 5.48. The summed E-state index contributed by atoms with van der Waals surface area (Å²) in [6, 6.07) is 4.08. The quantitative estimate of drug-likeness (QED) is 0.844. The lowest BCUT2D eigenvalue weighted by Gasteiger charge is -2.20. The van der Waals surface area contributed by atoms with Crippen molar-refractivity contribution in [2.75, 3.05) is 13.6 Å². The third kappa shape index (κ3) is 4.92. The van der Waals surface area contributed by atoms with Crippen molar-refractivity contribution in [3.63, 3.8) is 0 Å². The monoisotopic (exact) mass is 252 g/mol. The molecule has 1 atom stereocenters. The minimum atomic E-state index is 0.0574. The van der Waals surface area contributed by atoms with Crippen LogP contribution in [-0.2, 0) is 11.3 Å². The molecule has 0 aliphatic carbocycles.